The van der Waals surface area contributed by atoms with Gasteiger partial charge in [0.25, 0.3) is 0 Å². The average Bonchev–Trinajstić information content (AvgIpc) is 2.15. The number of nitrogens with zero attached hydrogens (tertiary/aromatic N) is 1. The number of halogens is 1. The van der Waals surface area contributed by atoms with Crippen molar-refractivity contribution >= 4 is 11.6 Å². The van der Waals surface area contributed by atoms with E-state index in [-0.39, 0.29) is 6.04 Å². The summed E-state index contributed by atoms with van der Waals surface area (Å²) < 4.78 is 0. The molecule has 1 heterocycles. The van der Waals surface area contributed by atoms with E-state index < -0.39 is 0 Å². The zero-order valence-electron chi connectivity index (χ0n) is 7.63. The second-order valence-electron chi connectivity index (χ2n) is 2.91. The predicted molar refractivity (Wildman–Crippen MR) is 55.6 cm³/mol. The van der Waals surface area contributed by atoms with E-state index in [1.54, 1.807) is 6.20 Å². The highest BCUT2D eigenvalue weighted by Gasteiger charge is 2.03. The Bertz CT molecular complexity index is 272. The first kappa shape index (κ1) is 10.2. The third kappa shape index (κ3) is 3.57. The van der Waals surface area contributed by atoms with Crippen molar-refractivity contribution < 1.29 is 0 Å². The van der Waals surface area contributed by atoms with Crippen LogP contribution in [0.2, 0.25) is 0 Å². The van der Waals surface area contributed by atoms with Gasteiger partial charge in [0.1, 0.15) is 0 Å². The minimum Gasteiger partial charge on any atom is -0.305 e. The maximum atomic E-state index is 5.64. The summed E-state index contributed by atoms with van der Waals surface area (Å²) in [5, 5.41) is 3.85. The first-order valence-corrected chi connectivity index (χ1v) is 4.54. The first-order chi connectivity index (χ1) is 6.20. The molecular formula is C10H13ClN2. The van der Waals surface area contributed by atoms with E-state index in [4.69, 9.17) is 11.6 Å². The van der Waals surface area contributed by atoms with Gasteiger partial charge in [0.2, 0.25) is 0 Å². The number of pyridine rings is 1. The molecular weight excluding hydrogens is 184 g/mol. The molecule has 0 unspecified atom stereocenters. The van der Waals surface area contributed by atoms with Crippen molar-refractivity contribution in [3.63, 3.8) is 0 Å². The van der Waals surface area contributed by atoms with Crippen molar-refractivity contribution in [3.8, 4) is 0 Å². The average molecular weight is 197 g/mol. The summed E-state index contributed by atoms with van der Waals surface area (Å²) in [6, 6.07) is 4.20. The molecule has 0 saturated carbocycles. The second kappa shape index (κ2) is 5.00. The van der Waals surface area contributed by atoms with Gasteiger partial charge in [-0.2, -0.15) is 0 Å². The fourth-order valence-corrected chi connectivity index (χ4v) is 1.09. The Balaban J connectivity index is 2.49. The van der Waals surface area contributed by atoms with Crippen molar-refractivity contribution in [3.05, 3.63) is 41.7 Å². The summed E-state index contributed by atoms with van der Waals surface area (Å²) >= 11 is 5.64. The number of aromatic nitrogens is 1. The molecule has 0 aromatic carbocycles. The Morgan fingerprint density at radius 2 is 2.54 bits per heavy atom. The third-order valence-corrected chi connectivity index (χ3v) is 1.92. The monoisotopic (exact) mass is 196 g/mol. The van der Waals surface area contributed by atoms with Gasteiger partial charge in [0.15, 0.2) is 0 Å². The van der Waals surface area contributed by atoms with Crippen LogP contribution in [0, 0.1) is 0 Å². The highest BCUT2D eigenvalue weighted by molar-refractivity contribution is 6.29. The molecule has 0 aliphatic rings. The highest BCUT2D eigenvalue weighted by atomic mass is 35.5. The molecule has 0 spiro atoms. The largest absolute Gasteiger partial charge is 0.305 e. The molecule has 0 aliphatic carbocycles. The molecule has 0 radical (unpaired) electrons. The van der Waals surface area contributed by atoms with Gasteiger partial charge < -0.3 is 5.32 Å². The van der Waals surface area contributed by atoms with Gasteiger partial charge in [0, 0.05) is 30.0 Å². The van der Waals surface area contributed by atoms with Gasteiger partial charge in [-0.05, 0) is 18.6 Å². The van der Waals surface area contributed by atoms with Crippen LogP contribution >= 0.6 is 11.6 Å². The van der Waals surface area contributed by atoms with Crippen LogP contribution in [0.4, 0.5) is 0 Å². The fraction of sp³-hybridized carbons (Fsp3) is 0.300. The van der Waals surface area contributed by atoms with Crippen LogP contribution in [-0.2, 0) is 0 Å². The van der Waals surface area contributed by atoms with Crippen molar-refractivity contribution in [1.82, 2.24) is 10.3 Å². The molecule has 3 heteroatoms. The van der Waals surface area contributed by atoms with Crippen LogP contribution in [0.1, 0.15) is 18.5 Å². The molecule has 1 aromatic heterocycles. The summed E-state index contributed by atoms with van der Waals surface area (Å²) in [6.07, 6.45) is 3.60. The quantitative estimate of drug-likeness (QED) is 0.801. The Hall–Kier alpha value is -0.860. The Kier molecular flexibility index (Phi) is 3.93. The molecule has 0 amide bonds. The van der Waals surface area contributed by atoms with Crippen LogP contribution in [0.15, 0.2) is 36.1 Å². The van der Waals surface area contributed by atoms with E-state index in [1.807, 2.05) is 18.3 Å². The lowest BCUT2D eigenvalue weighted by molar-refractivity contribution is 0.612. The van der Waals surface area contributed by atoms with Gasteiger partial charge in [-0.1, -0.05) is 24.2 Å². The van der Waals surface area contributed by atoms with Crippen LogP contribution in [0.25, 0.3) is 0 Å². The number of rotatable bonds is 4. The zero-order valence-corrected chi connectivity index (χ0v) is 8.38. The smallest absolute Gasteiger partial charge is 0.0315 e. The molecule has 2 nitrogen and oxygen atoms in total. The molecule has 0 aliphatic heterocycles. The molecule has 1 atom stereocenters. The topological polar surface area (TPSA) is 24.9 Å². The van der Waals surface area contributed by atoms with Gasteiger partial charge in [-0.25, -0.2) is 0 Å². The van der Waals surface area contributed by atoms with Crippen molar-refractivity contribution in [1.29, 1.82) is 0 Å². The third-order valence-electron chi connectivity index (χ3n) is 1.78. The second-order valence-corrected chi connectivity index (χ2v) is 3.44. The molecule has 70 valence electrons. The highest BCUT2D eigenvalue weighted by Crippen LogP contribution is 2.10. The van der Waals surface area contributed by atoms with Crippen LogP contribution < -0.4 is 5.32 Å². The SMILES string of the molecule is C=C(Cl)CN[C@@H](C)c1cccnc1. The van der Waals surface area contributed by atoms with Crippen molar-refractivity contribution in [2.45, 2.75) is 13.0 Å². The van der Waals surface area contributed by atoms with E-state index in [0.29, 0.717) is 11.6 Å². The van der Waals surface area contributed by atoms with Crippen LogP contribution in [-0.4, -0.2) is 11.5 Å². The lowest BCUT2D eigenvalue weighted by atomic mass is 10.1. The van der Waals surface area contributed by atoms with E-state index >= 15 is 0 Å². The van der Waals surface area contributed by atoms with Gasteiger partial charge in [0.05, 0.1) is 0 Å². The normalized spacial score (nSPS) is 12.5. The molecule has 1 aromatic rings. The molecule has 13 heavy (non-hydrogen) atoms. The Labute approximate surface area is 83.6 Å². The Morgan fingerprint density at radius 1 is 1.77 bits per heavy atom. The van der Waals surface area contributed by atoms with E-state index in [1.165, 1.54) is 0 Å². The number of hydrogen-bond acceptors (Lipinski definition) is 2. The maximum absolute atomic E-state index is 5.64. The summed E-state index contributed by atoms with van der Waals surface area (Å²) in [5.41, 5.74) is 1.15. The molecule has 1 N–H and O–H groups in total. The minimum absolute atomic E-state index is 0.254. The number of hydrogen-bond donors (Lipinski definition) is 1. The minimum atomic E-state index is 0.254. The van der Waals surface area contributed by atoms with Crippen molar-refractivity contribution in [2.24, 2.45) is 0 Å². The van der Waals surface area contributed by atoms with Gasteiger partial charge >= 0.3 is 0 Å². The van der Waals surface area contributed by atoms with Crippen LogP contribution in [0.3, 0.4) is 0 Å². The summed E-state index contributed by atoms with van der Waals surface area (Å²) in [6.45, 7) is 6.30. The Morgan fingerprint density at radius 3 is 3.08 bits per heavy atom. The maximum Gasteiger partial charge on any atom is 0.0315 e. The fourth-order valence-electron chi connectivity index (χ4n) is 1.01. The van der Waals surface area contributed by atoms with Gasteiger partial charge in [-0.15, -0.1) is 0 Å². The standard InChI is InChI=1S/C10H13ClN2/c1-8(11)6-13-9(2)10-4-3-5-12-7-10/h3-5,7,9,13H,1,6H2,2H3/t9-/m0/s1. The molecule has 0 bridgehead atoms. The van der Waals surface area contributed by atoms with E-state index in [2.05, 4.69) is 23.8 Å². The predicted octanol–water partition coefficient (Wildman–Crippen LogP) is 2.48. The zero-order chi connectivity index (χ0) is 9.68. The molecule has 1 rings (SSSR count). The lowest BCUT2D eigenvalue weighted by Gasteiger charge is -2.12. The summed E-state index contributed by atoms with van der Waals surface area (Å²) in [7, 11) is 0. The first-order valence-electron chi connectivity index (χ1n) is 4.16. The van der Waals surface area contributed by atoms with Gasteiger partial charge in [-0.3, -0.25) is 4.98 Å². The van der Waals surface area contributed by atoms with E-state index in [0.717, 1.165) is 5.56 Å². The number of nitrogens with one attached hydrogen (secondary N) is 1. The molecule has 0 saturated heterocycles. The van der Waals surface area contributed by atoms with Crippen molar-refractivity contribution in [2.75, 3.05) is 6.54 Å². The summed E-state index contributed by atoms with van der Waals surface area (Å²) in [5.74, 6) is 0. The van der Waals surface area contributed by atoms with E-state index in [9.17, 15) is 0 Å². The lowest BCUT2D eigenvalue weighted by Crippen LogP contribution is -2.19. The molecule has 0 fully saturated rings. The summed E-state index contributed by atoms with van der Waals surface area (Å²) in [4.78, 5) is 4.04. The van der Waals surface area contributed by atoms with Crippen LogP contribution in [0.5, 0.6) is 0 Å².